The number of benzene rings is 3. The highest BCUT2D eigenvalue weighted by Crippen LogP contribution is 2.22. The summed E-state index contributed by atoms with van der Waals surface area (Å²) in [5.74, 6) is 2.15. The number of aryl methyl sites for hydroxylation is 1. The maximum absolute atomic E-state index is 12.4. The van der Waals surface area contributed by atoms with E-state index in [1.807, 2.05) is 54.6 Å². The Labute approximate surface area is 207 Å². The minimum Gasteiger partial charge on any atom is -0.494 e. The van der Waals surface area contributed by atoms with Gasteiger partial charge in [0.1, 0.15) is 11.6 Å². The first-order chi connectivity index (χ1) is 17.1. The molecule has 0 saturated carbocycles. The number of para-hydroxylation sites is 2. The van der Waals surface area contributed by atoms with Crippen molar-refractivity contribution < 1.29 is 9.53 Å². The molecule has 0 saturated heterocycles. The third kappa shape index (κ3) is 6.60. The first kappa shape index (κ1) is 24.3. The molecule has 3 aromatic carbocycles. The minimum atomic E-state index is -0.142. The fraction of sp³-hybridized carbons (Fsp3) is 0.267. The third-order valence-corrected chi connectivity index (χ3v) is 6.24. The number of hydrogen-bond donors (Lipinski definition) is 1. The molecule has 0 spiro atoms. The van der Waals surface area contributed by atoms with Crippen molar-refractivity contribution in [2.45, 2.75) is 45.7 Å². The van der Waals surface area contributed by atoms with E-state index in [0.717, 1.165) is 47.6 Å². The number of hydrogen-bond acceptors (Lipinski definition) is 3. The summed E-state index contributed by atoms with van der Waals surface area (Å²) in [6.45, 7) is 6.18. The Morgan fingerprint density at radius 2 is 1.77 bits per heavy atom. The second-order valence-corrected chi connectivity index (χ2v) is 8.71. The van der Waals surface area contributed by atoms with Crippen LogP contribution in [-0.4, -0.2) is 22.1 Å². The summed E-state index contributed by atoms with van der Waals surface area (Å²) < 4.78 is 8.16. The Kier molecular flexibility index (Phi) is 8.34. The first-order valence-corrected chi connectivity index (χ1v) is 12.3. The molecule has 0 aliphatic rings. The van der Waals surface area contributed by atoms with E-state index in [4.69, 9.17) is 9.72 Å². The fourth-order valence-corrected chi connectivity index (χ4v) is 4.01. The average molecular weight is 468 g/mol. The number of ether oxygens (including phenoxy) is 1. The number of aromatic nitrogens is 2. The van der Waals surface area contributed by atoms with Gasteiger partial charge in [0.05, 0.1) is 24.2 Å². The molecule has 1 amide bonds. The molecule has 5 heteroatoms. The highest BCUT2D eigenvalue weighted by Gasteiger charge is 2.11. The molecule has 0 radical (unpaired) electrons. The number of nitrogens with one attached hydrogen (secondary N) is 1. The zero-order valence-electron chi connectivity index (χ0n) is 20.5. The number of amides is 1. The Balaban J connectivity index is 1.35. The summed E-state index contributed by atoms with van der Waals surface area (Å²) in [4.78, 5) is 17.1. The van der Waals surface area contributed by atoms with Gasteiger partial charge < -0.3 is 14.6 Å². The van der Waals surface area contributed by atoms with Gasteiger partial charge in [0.2, 0.25) is 5.91 Å². The molecule has 0 aliphatic heterocycles. The molecule has 0 fully saturated rings. The number of carbonyl (C=O) groups is 1. The van der Waals surface area contributed by atoms with Crippen LogP contribution in [0.5, 0.6) is 5.75 Å². The Morgan fingerprint density at radius 3 is 2.54 bits per heavy atom. The normalized spacial score (nSPS) is 12.2. The van der Waals surface area contributed by atoms with Gasteiger partial charge in [0, 0.05) is 12.6 Å². The molecule has 180 valence electrons. The van der Waals surface area contributed by atoms with Gasteiger partial charge in [-0.05, 0) is 60.2 Å². The molecule has 4 rings (SSSR count). The van der Waals surface area contributed by atoms with Crippen molar-refractivity contribution in [1.29, 1.82) is 0 Å². The summed E-state index contributed by atoms with van der Waals surface area (Å²) in [5.41, 5.74) is 4.33. The van der Waals surface area contributed by atoms with Gasteiger partial charge in [-0.2, -0.15) is 0 Å². The van der Waals surface area contributed by atoms with Gasteiger partial charge in [-0.15, -0.1) is 0 Å². The van der Waals surface area contributed by atoms with E-state index in [9.17, 15) is 4.79 Å². The highest BCUT2D eigenvalue weighted by atomic mass is 16.5. The second kappa shape index (κ2) is 12.0. The molecule has 1 aromatic heterocycles. The van der Waals surface area contributed by atoms with Crippen molar-refractivity contribution in [3.63, 3.8) is 0 Å². The maximum Gasteiger partial charge on any atom is 0.244 e. The molecule has 4 aromatic rings. The Morgan fingerprint density at radius 1 is 1.03 bits per heavy atom. The average Bonchev–Trinajstić information content (AvgIpc) is 3.26. The van der Waals surface area contributed by atoms with Crippen LogP contribution in [0.25, 0.3) is 17.1 Å². The van der Waals surface area contributed by atoms with Crippen molar-refractivity contribution in [2.24, 2.45) is 0 Å². The van der Waals surface area contributed by atoms with Crippen LogP contribution in [0.2, 0.25) is 0 Å². The lowest BCUT2D eigenvalue weighted by molar-refractivity contribution is -0.116. The van der Waals surface area contributed by atoms with Crippen molar-refractivity contribution in [3.8, 4) is 5.75 Å². The van der Waals surface area contributed by atoms with Crippen molar-refractivity contribution in [2.75, 3.05) is 6.61 Å². The lowest BCUT2D eigenvalue weighted by Gasteiger charge is -2.12. The minimum absolute atomic E-state index is 0.142. The summed E-state index contributed by atoms with van der Waals surface area (Å²) in [5, 5.41) is 2.97. The van der Waals surface area contributed by atoms with Crippen LogP contribution < -0.4 is 10.1 Å². The van der Waals surface area contributed by atoms with E-state index in [1.165, 1.54) is 5.56 Å². The third-order valence-electron chi connectivity index (χ3n) is 6.24. The van der Waals surface area contributed by atoms with Crippen LogP contribution in [0.1, 0.15) is 49.6 Å². The maximum atomic E-state index is 12.4. The molecule has 5 nitrogen and oxygen atoms in total. The zero-order valence-corrected chi connectivity index (χ0v) is 20.5. The predicted octanol–water partition coefficient (Wildman–Crippen LogP) is 6.35. The highest BCUT2D eigenvalue weighted by molar-refractivity contribution is 5.91. The lowest BCUT2D eigenvalue weighted by Crippen LogP contribution is -2.23. The van der Waals surface area contributed by atoms with Crippen molar-refractivity contribution in [1.82, 2.24) is 14.9 Å². The second-order valence-electron chi connectivity index (χ2n) is 8.71. The number of imidazole rings is 1. The summed E-state index contributed by atoms with van der Waals surface area (Å²) in [6, 6.07) is 26.3. The first-order valence-electron chi connectivity index (χ1n) is 12.3. The molecule has 1 unspecified atom stereocenters. The summed E-state index contributed by atoms with van der Waals surface area (Å²) >= 11 is 0. The lowest BCUT2D eigenvalue weighted by atomic mass is 9.99. The predicted molar refractivity (Wildman–Crippen MR) is 142 cm³/mol. The smallest absolute Gasteiger partial charge is 0.244 e. The molecule has 0 aliphatic carbocycles. The molecule has 1 atom stereocenters. The van der Waals surface area contributed by atoms with Crippen LogP contribution in [0.3, 0.4) is 0 Å². The molecular weight excluding hydrogens is 434 g/mol. The van der Waals surface area contributed by atoms with E-state index in [-0.39, 0.29) is 5.91 Å². The van der Waals surface area contributed by atoms with Crippen LogP contribution >= 0.6 is 0 Å². The zero-order chi connectivity index (χ0) is 24.5. The molecule has 1 N–H and O–H groups in total. The van der Waals surface area contributed by atoms with Crippen LogP contribution in [0.4, 0.5) is 0 Å². The van der Waals surface area contributed by atoms with E-state index in [2.05, 4.69) is 54.1 Å². The summed E-state index contributed by atoms with van der Waals surface area (Å²) in [6.07, 6.45) is 5.33. The van der Waals surface area contributed by atoms with Gasteiger partial charge in [-0.25, -0.2) is 4.98 Å². The molecule has 1 heterocycles. The number of nitrogens with zero attached hydrogens (tertiary/aromatic N) is 2. The standard InChI is InChI=1S/C30H33N3O2/c1-3-23(2)25-15-17-26(18-16-25)35-21-9-20-33-28-13-8-7-12-27(28)32-29(33)22-31-30(34)19-14-24-10-5-4-6-11-24/h4-8,10-19,23H,3,9,20-22H2,1-2H3,(H,31,34)/b19-14-. The Bertz CT molecular complexity index is 1260. The van der Waals surface area contributed by atoms with Crippen LogP contribution in [0, 0.1) is 0 Å². The van der Waals surface area contributed by atoms with Crippen molar-refractivity contribution >= 4 is 23.0 Å². The van der Waals surface area contributed by atoms with Gasteiger partial charge in [-0.3, -0.25) is 4.79 Å². The van der Waals surface area contributed by atoms with E-state index < -0.39 is 0 Å². The summed E-state index contributed by atoms with van der Waals surface area (Å²) in [7, 11) is 0. The number of carbonyl (C=O) groups excluding carboxylic acids is 1. The molecular formula is C30H33N3O2. The van der Waals surface area contributed by atoms with Crippen molar-refractivity contribution in [3.05, 3.63) is 102 Å². The van der Waals surface area contributed by atoms with Crippen LogP contribution in [-0.2, 0) is 17.9 Å². The monoisotopic (exact) mass is 467 g/mol. The Hall–Kier alpha value is -3.86. The quantitative estimate of drug-likeness (QED) is 0.207. The van der Waals surface area contributed by atoms with E-state index in [1.54, 1.807) is 6.08 Å². The van der Waals surface area contributed by atoms with Gasteiger partial charge in [-0.1, -0.05) is 68.4 Å². The van der Waals surface area contributed by atoms with Gasteiger partial charge >= 0.3 is 0 Å². The van der Waals surface area contributed by atoms with E-state index >= 15 is 0 Å². The van der Waals surface area contributed by atoms with Crippen LogP contribution in [0.15, 0.2) is 84.9 Å². The topological polar surface area (TPSA) is 56.1 Å². The fourth-order valence-electron chi connectivity index (χ4n) is 4.01. The number of rotatable bonds is 11. The van der Waals surface area contributed by atoms with Gasteiger partial charge in [0.15, 0.2) is 0 Å². The van der Waals surface area contributed by atoms with E-state index in [0.29, 0.717) is 19.1 Å². The molecule has 35 heavy (non-hydrogen) atoms. The number of fused-ring (bicyclic) bond motifs is 1. The SMILES string of the molecule is CCC(C)c1ccc(OCCCn2c(CNC(=O)/C=C\c3ccccc3)nc3ccccc32)cc1. The van der Waals surface area contributed by atoms with Gasteiger partial charge in [0.25, 0.3) is 0 Å². The molecule has 0 bridgehead atoms. The largest absolute Gasteiger partial charge is 0.494 e.